The van der Waals surface area contributed by atoms with Gasteiger partial charge in [0.1, 0.15) is 30.3 Å². The van der Waals surface area contributed by atoms with E-state index in [1.54, 1.807) is 39.0 Å². The van der Waals surface area contributed by atoms with E-state index in [2.05, 4.69) is 85.5 Å². The van der Waals surface area contributed by atoms with E-state index in [9.17, 15) is 23.7 Å². The van der Waals surface area contributed by atoms with E-state index in [1.165, 1.54) is 22.6 Å². The minimum absolute atomic E-state index is 0.150. The molecule has 4 atom stereocenters. The smallest absolute Gasteiger partial charge is 0.249 e. The first-order valence-corrected chi connectivity index (χ1v) is 28.4. The SMILES string of the molecule is CCc1cc(Nc2ncc(Br)c(Nc3ccc4nccnc4c3P(C)(C)=O)n2)c(OC)cc1N1CCC(N2CCN(CCC3CN(C4CCC5C(=O)N(C6CCC(=O)NC6=O)C(=O)C5C4)C3)CC2)CC1. The van der Waals surface area contributed by atoms with Crippen molar-refractivity contribution in [1.82, 2.24) is 44.9 Å². The number of likely N-dealkylation sites (tertiary alicyclic amines) is 2. The predicted molar refractivity (Wildman–Crippen MR) is 273 cm³/mol. The van der Waals surface area contributed by atoms with E-state index in [4.69, 9.17) is 9.72 Å². The molecule has 0 spiro atoms. The summed E-state index contributed by atoms with van der Waals surface area (Å²) in [5.74, 6) is 0.223. The van der Waals surface area contributed by atoms with Gasteiger partial charge in [0, 0.05) is 101 Å². The van der Waals surface area contributed by atoms with Crippen LogP contribution in [0.3, 0.4) is 0 Å². The molecule has 20 heteroatoms. The minimum atomic E-state index is -2.78. The number of carbonyl (C=O) groups is 4. The van der Waals surface area contributed by atoms with Gasteiger partial charge in [0.25, 0.3) is 0 Å². The van der Waals surface area contributed by atoms with Crippen LogP contribution < -0.4 is 30.9 Å². The third-order valence-electron chi connectivity index (χ3n) is 15.7. The number of fused-ring (bicyclic) bond motifs is 2. The molecule has 1 aliphatic carbocycles. The van der Waals surface area contributed by atoms with Crippen LogP contribution in [0, 0.1) is 17.8 Å². The molecule has 18 nitrogen and oxygen atoms in total. The van der Waals surface area contributed by atoms with E-state index >= 15 is 0 Å². The van der Waals surface area contributed by atoms with Gasteiger partial charge in [-0.15, -0.1) is 0 Å². The summed E-state index contributed by atoms with van der Waals surface area (Å²) in [4.78, 5) is 80.8. The van der Waals surface area contributed by atoms with Crippen molar-refractivity contribution in [2.45, 2.75) is 82.8 Å². The van der Waals surface area contributed by atoms with E-state index < -0.39 is 19.1 Å². The number of nitrogens with one attached hydrogen (secondary N) is 3. The van der Waals surface area contributed by atoms with Crippen molar-refractivity contribution < 1.29 is 28.5 Å². The second-order valence-corrected chi connectivity index (χ2v) is 24.3. The highest BCUT2D eigenvalue weighted by Gasteiger charge is 2.55. The Balaban J connectivity index is 0.684. The zero-order valence-corrected chi connectivity index (χ0v) is 43.0. The van der Waals surface area contributed by atoms with Crippen molar-refractivity contribution in [2.24, 2.45) is 17.8 Å². The van der Waals surface area contributed by atoms with Crippen LogP contribution >= 0.6 is 23.1 Å². The molecule has 2 aromatic heterocycles. The Labute approximate surface area is 417 Å². The van der Waals surface area contributed by atoms with Crippen LogP contribution in [0.1, 0.15) is 63.9 Å². The summed E-state index contributed by atoms with van der Waals surface area (Å²) < 4.78 is 20.2. The van der Waals surface area contributed by atoms with Crippen molar-refractivity contribution in [3.05, 3.63) is 52.9 Å². The van der Waals surface area contributed by atoms with Gasteiger partial charge in [-0.1, -0.05) is 6.92 Å². The number of carbonyl (C=O) groups excluding carboxylic acids is 4. The Bertz CT molecular complexity index is 2720. The Morgan fingerprint density at radius 3 is 2.33 bits per heavy atom. The summed E-state index contributed by atoms with van der Waals surface area (Å²) in [6, 6.07) is 8.02. The monoisotopic (exact) mass is 1040 g/mol. The summed E-state index contributed by atoms with van der Waals surface area (Å²) in [5, 5.41) is 9.72. The quantitative estimate of drug-likeness (QED) is 0.108. The standard InChI is InChI=1S/C50H64BrN12O6P/c1-5-31-24-39(56-50-54-27-36(51)46(58-50)55-38-9-8-37-44(53-16-15-52-37)45(38)70(3,4)68)42(69-2)26-41(31)61-18-13-32(14-19-61)60-22-20-59(21-23-60)17-12-30-28-62(29-30)33-6-7-34-35(25-33)49(67)63(48(34)66)40-10-11-43(64)57-47(40)65/h8-9,15-16,24,26-27,30,32-35,40H,5-7,10-14,17-23,25,28-29H2,1-4H3,(H,57,64,65)(H2,54,55,56,58). The maximum Gasteiger partial charge on any atom is 0.249 e. The lowest BCUT2D eigenvalue weighted by molar-refractivity contribution is -0.151. The first-order chi connectivity index (χ1) is 33.8. The number of aromatic nitrogens is 4. The second kappa shape index (κ2) is 20.2. The van der Waals surface area contributed by atoms with Crippen LogP contribution in [0.2, 0.25) is 0 Å². The summed E-state index contributed by atoms with van der Waals surface area (Å²) in [5.41, 5.74) is 5.11. The third kappa shape index (κ3) is 9.80. The molecule has 5 aliphatic heterocycles. The van der Waals surface area contributed by atoms with Gasteiger partial charge in [-0.05, 0) is 117 Å². The fourth-order valence-electron chi connectivity index (χ4n) is 11.9. The van der Waals surface area contributed by atoms with Gasteiger partial charge in [0.05, 0.1) is 45.6 Å². The number of aryl methyl sites for hydroxylation is 1. The third-order valence-corrected chi connectivity index (χ3v) is 17.8. The van der Waals surface area contributed by atoms with Crippen LogP contribution in [0.25, 0.3) is 11.0 Å². The lowest BCUT2D eigenvalue weighted by Crippen LogP contribution is -2.56. The molecule has 4 unspecified atom stereocenters. The minimum Gasteiger partial charge on any atom is -0.494 e. The van der Waals surface area contributed by atoms with Crippen molar-refractivity contribution in [3.8, 4) is 5.75 Å². The van der Waals surface area contributed by atoms with Gasteiger partial charge < -0.3 is 29.7 Å². The number of imide groups is 2. The predicted octanol–water partition coefficient (Wildman–Crippen LogP) is 5.36. The van der Waals surface area contributed by atoms with Gasteiger partial charge >= 0.3 is 0 Å². The molecule has 372 valence electrons. The Morgan fingerprint density at radius 2 is 1.60 bits per heavy atom. The van der Waals surface area contributed by atoms with Crippen molar-refractivity contribution in [2.75, 3.05) is 94.9 Å². The molecular formula is C50H64BrN12O6P. The number of halogens is 1. The molecule has 4 amide bonds. The number of hydrogen-bond donors (Lipinski definition) is 3. The maximum absolute atomic E-state index is 13.6. The molecule has 70 heavy (non-hydrogen) atoms. The molecular weight excluding hydrogens is 976 g/mol. The molecule has 1 saturated carbocycles. The fraction of sp³-hybridized carbons (Fsp3) is 0.560. The first-order valence-electron chi connectivity index (χ1n) is 25.0. The number of hydrogen-bond acceptors (Lipinski definition) is 16. The van der Waals surface area contributed by atoms with Gasteiger partial charge in [-0.3, -0.25) is 49.2 Å². The summed E-state index contributed by atoms with van der Waals surface area (Å²) in [6.07, 6.45) is 11.8. The number of rotatable bonds is 14. The number of amides is 4. The number of methoxy groups -OCH3 is 1. The summed E-state index contributed by atoms with van der Waals surface area (Å²) in [7, 11) is -1.09. The Morgan fingerprint density at radius 1 is 0.843 bits per heavy atom. The molecule has 3 N–H and O–H groups in total. The molecule has 2 aromatic carbocycles. The average molecular weight is 1040 g/mol. The number of benzene rings is 2. The highest BCUT2D eigenvalue weighted by molar-refractivity contribution is 9.10. The Kier molecular flexibility index (Phi) is 14.0. The highest BCUT2D eigenvalue weighted by Crippen LogP contribution is 2.44. The highest BCUT2D eigenvalue weighted by atomic mass is 79.9. The molecule has 6 aliphatic rings. The first kappa shape index (κ1) is 48.6. The molecule has 10 rings (SSSR count). The van der Waals surface area contributed by atoms with Crippen LogP contribution in [-0.4, -0.2) is 161 Å². The van der Waals surface area contributed by atoms with Crippen LogP contribution in [0.15, 0.2) is 47.3 Å². The van der Waals surface area contributed by atoms with Crippen molar-refractivity contribution in [1.29, 1.82) is 0 Å². The molecule has 7 heterocycles. The van der Waals surface area contributed by atoms with Crippen molar-refractivity contribution in [3.63, 3.8) is 0 Å². The lowest BCUT2D eigenvalue weighted by atomic mass is 9.76. The van der Waals surface area contributed by atoms with Gasteiger partial charge in [-0.2, -0.15) is 4.98 Å². The number of piperidine rings is 2. The number of ether oxygens (including phenoxy) is 1. The zero-order valence-electron chi connectivity index (χ0n) is 40.5. The second-order valence-electron chi connectivity index (χ2n) is 20.3. The average Bonchev–Trinajstić information content (AvgIpc) is 3.59. The van der Waals surface area contributed by atoms with Crippen molar-refractivity contribution >= 4 is 91.9 Å². The van der Waals surface area contributed by atoms with Gasteiger partial charge in [0.15, 0.2) is 0 Å². The topological polar surface area (TPSA) is 198 Å². The van der Waals surface area contributed by atoms with Crippen LogP contribution in [-0.2, 0) is 30.2 Å². The largest absolute Gasteiger partial charge is 0.494 e. The van der Waals surface area contributed by atoms with E-state index in [1.807, 2.05) is 12.1 Å². The summed E-state index contributed by atoms with van der Waals surface area (Å²) in [6.45, 7) is 15.2. The molecule has 0 bridgehead atoms. The number of nitrogens with zero attached hydrogens (tertiary/aromatic N) is 9. The summed E-state index contributed by atoms with van der Waals surface area (Å²) >= 11 is 3.61. The molecule has 0 radical (unpaired) electrons. The van der Waals surface area contributed by atoms with E-state index in [0.717, 1.165) is 90.3 Å². The number of anilines is 5. The normalized spacial score (nSPS) is 24.5. The molecule has 4 aromatic rings. The zero-order chi connectivity index (χ0) is 48.8. The van der Waals surface area contributed by atoms with Gasteiger partial charge in [0.2, 0.25) is 29.6 Å². The van der Waals surface area contributed by atoms with E-state index in [0.29, 0.717) is 74.9 Å². The molecule has 6 fully saturated rings. The fourth-order valence-corrected chi connectivity index (χ4v) is 13.6. The van der Waals surface area contributed by atoms with Crippen LogP contribution in [0.5, 0.6) is 5.75 Å². The number of piperazine rings is 1. The van der Waals surface area contributed by atoms with E-state index in [-0.39, 0.29) is 42.4 Å². The Hall–Kier alpha value is -5.07. The lowest BCUT2D eigenvalue weighted by Gasteiger charge is -2.48. The maximum atomic E-state index is 13.6. The van der Waals surface area contributed by atoms with Gasteiger partial charge in [-0.25, -0.2) is 4.98 Å². The van der Waals surface area contributed by atoms with Crippen LogP contribution in [0.4, 0.5) is 28.8 Å². The molecule has 5 saturated heterocycles.